The summed E-state index contributed by atoms with van der Waals surface area (Å²) in [6.45, 7) is 5.28. The molecule has 0 unspecified atom stereocenters. The Kier molecular flexibility index (Phi) is 4.95. The van der Waals surface area contributed by atoms with Gasteiger partial charge in [0.15, 0.2) is 0 Å². The van der Waals surface area contributed by atoms with Gasteiger partial charge in [-0.2, -0.15) is 5.10 Å². The third-order valence-corrected chi connectivity index (χ3v) is 3.56. The Balaban J connectivity index is 1.78. The highest BCUT2D eigenvalue weighted by molar-refractivity contribution is 9.10. The van der Waals surface area contributed by atoms with Crippen molar-refractivity contribution >= 4 is 21.8 Å². The van der Waals surface area contributed by atoms with Crippen LogP contribution in [-0.2, 0) is 17.8 Å². The lowest BCUT2D eigenvalue weighted by atomic mass is 10.1. The number of aryl methyl sites for hydroxylation is 2. The second-order valence-corrected chi connectivity index (χ2v) is 5.72. The third kappa shape index (κ3) is 4.20. The average Bonchev–Trinajstić information content (AvgIpc) is 2.71. The zero-order valence-electron chi connectivity index (χ0n) is 11.7. The number of carbonyl (C=O) groups excluding carboxylic acids is 1. The van der Waals surface area contributed by atoms with Crippen molar-refractivity contribution in [1.82, 2.24) is 15.1 Å². The molecule has 1 N–H and O–H groups in total. The molecule has 0 radical (unpaired) electrons. The molecule has 0 aliphatic rings. The van der Waals surface area contributed by atoms with Crippen molar-refractivity contribution in [2.24, 2.45) is 0 Å². The van der Waals surface area contributed by atoms with Crippen molar-refractivity contribution in [3.63, 3.8) is 0 Å². The van der Waals surface area contributed by atoms with Crippen LogP contribution in [0.1, 0.15) is 17.0 Å². The number of benzene rings is 1. The Bertz CT molecular complexity index is 590. The Morgan fingerprint density at radius 3 is 2.60 bits per heavy atom. The molecular formula is C15H18BrN3O. The van der Waals surface area contributed by atoms with Gasteiger partial charge in [-0.1, -0.05) is 28.1 Å². The maximum atomic E-state index is 11.8. The van der Waals surface area contributed by atoms with Crippen LogP contribution < -0.4 is 5.32 Å². The highest BCUT2D eigenvalue weighted by Crippen LogP contribution is 2.10. The van der Waals surface area contributed by atoms with E-state index in [4.69, 9.17) is 0 Å². The minimum Gasteiger partial charge on any atom is -0.354 e. The van der Waals surface area contributed by atoms with Crippen LogP contribution >= 0.6 is 15.9 Å². The van der Waals surface area contributed by atoms with Gasteiger partial charge in [0.2, 0.25) is 5.91 Å². The summed E-state index contributed by atoms with van der Waals surface area (Å²) < 4.78 is 2.93. The molecule has 0 aliphatic heterocycles. The largest absolute Gasteiger partial charge is 0.354 e. The van der Waals surface area contributed by atoms with E-state index in [0.717, 1.165) is 21.4 Å². The van der Waals surface area contributed by atoms with Crippen LogP contribution in [0.15, 0.2) is 34.8 Å². The lowest BCUT2D eigenvalue weighted by Gasteiger charge is -2.07. The molecule has 0 spiro atoms. The maximum absolute atomic E-state index is 11.8. The summed E-state index contributed by atoms with van der Waals surface area (Å²) in [5.74, 6) is 0.0360. The number of amides is 1. The Morgan fingerprint density at radius 1 is 1.30 bits per heavy atom. The molecule has 1 aromatic carbocycles. The molecular weight excluding hydrogens is 318 g/mol. The van der Waals surface area contributed by atoms with E-state index in [1.54, 1.807) is 0 Å². The second-order valence-electron chi connectivity index (χ2n) is 4.80. The third-order valence-electron chi connectivity index (χ3n) is 3.03. The molecule has 2 rings (SSSR count). The number of rotatable bonds is 5. The molecule has 0 bridgehead atoms. The van der Waals surface area contributed by atoms with Crippen molar-refractivity contribution in [3.8, 4) is 0 Å². The van der Waals surface area contributed by atoms with Crippen LogP contribution in [0.2, 0.25) is 0 Å². The highest BCUT2D eigenvalue weighted by Gasteiger charge is 2.04. The van der Waals surface area contributed by atoms with Crippen LogP contribution in [0, 0.1) is 13.8 Å². The molecule has 0 saturated heterocycles. The standard InChI is InChI=1S/C15H18BrN3O/c1-11-9-12(2)19(18-11)8-7-17-15(20)10-13-3-5-14(16)6-4-13/h3-6,9H,7-8,10H2,1-2H3,(H,17,20). The van der Waals surface area contributed by atoms with Crippen LogP contribution in [0.25, 0.3) is 0 Å². The van der Waals surface area contributed by atoms with E-state index < -0.39 is 0 Å². The van der Waals surface area contributed by atoms with Crippen LogP contribution in [0.5, 0.6) is 0 Å². The van der Waals surface area contributed by atoms with Gasteiger partial charge in [-0.3, -0.25) is 9.48 Å². The number of aromatic nitrogens is 2. The van der Waals surface area contributed by atoms with Gasteiger partial charge < -0.3 is 5.32 Å². The fourth-order valence-electron chi connectivity index (χ4n) is 2.05. The maximum Gasteiger partial charge on any atom is 0.224 e. The number of hydrogen-bond acceptors (Lipinski definition) is 2. The minimum absolute atomic E-state index is 0.0360. The molecule has 0 aliphatic carbocycles. The number of hydrogen-bond donors (Lipinski definition) is 1. The molecule has 1 amide bonds. The van der Waals surface area contributed by atoms with Crippen molar-refractivity contribution in [2.45, 2.75) is 26.8 Å². The summed E-state index contributed by atoms with van der Waals surface area (Å²) in [5, 5.41) is 7.28. The second kappa shape index (κ2) is 6.70. The van der Waals surface area contributed by atoms with E-state index in [9.17, 15) is 4.79 Å². The summed E-state index contributed by atoms with van der Waals surface area (Å²) in [4.78, 5) is 11.8. The molecule has 1 aromatic heterocycles. The Hall–Kier alpha value is -1.62. The fourth-order valence-corrected chi connectivity index (χ4v) is 2.32. The van der Waals surface area contributed by atoms with E-state index >= 15 is 0 Å². The zero-order chi connectivity index (χ0) is 14.5. The molecule has 0 atom stereocenters. The summed E-state index contributed by atoms with van der Waals surface area (Å²) in [6, 6.07) is 9.82. The van der Waals surface area contributed by atoms with E-state index in [1.165, 1.54) is 0 Å². The van der Waals surface area contributed by atoms with Crippen LogP contribution in [-0.4, -0.2) is 22.2 Å². The molecule has 1 heterocycles. The van der Waals surface area contributed by atoms with Gasteiger partial charge in [-0.05, 0) is 37.6 Å². The summed E-state index contributed by atoms with van der Waals surface area (Å²) in [6.07, 6.45) is 0.407. The van der Waals surface area contributed by atoms with Crippen LogP contribution in [0.3, 0.4) is 0 Å². The minimum atomic E-state index is 0.0360. The first kappa shape index (κ1) is 14.8. The number of nitrogens with zero attached hydrogens (tertiary/aromatic N) is 2. The molecule has 106 valence electrons. The van der Waals surface area contributed by atoms with E-state index in [2.05, 4.69) is 26.3 Å². The SMILES string of the molecule is Cc1cc(C)n(CCNC(=O)Cc2ccc(Br)cc2)n1. The number of nitrogens with one attached hydrogen (secondary N) is 1. The molecule has 0 saturated carbocycles. The number of carbonyl (C=O) groups is 1. The predicted octanol–water partition coefficient (Wildman–Crippen LogP) is 2.62. The van der Waals surface area contributed by atoms with Crippen LogP contribution in [0.4, 0.5) is 0 Å². The molecule has 5 heteroatoms. The predicted molar refractivity (Wildman–Crippen MR) is 82.6 cm³/mol. The lowest BCUT2D eigenvalue weighted by molar-refractivity contribution is -0.120. The zero-order valence-corrected chi connectivity index (χ0v) is 13.3. The first-order valence-electron chi connectivity index (χ1n) is 6.57. The first-order valence-corrected chi connectivity index (χ1v) is 7.36. The van der Waals surface area contributed by atoms with Gasteiger partial charge in [-0.15, -0.1) is 0 Å². The summed E-state index contributed by atoms with van der Waals surface area (Å²) in [7, 11) is 0. The smallest absolute Gasteiger partial charge is 0.224 e. The van der Waals surface area contributed by atoms with E-state index in [-0.39, 0.29) is 5.91 Å². The van der Waals surface area contributed by atoms with Gasteiger partial charge in [0.05, 0.1) is 18.7 Å². The lowest BCUT2D eigenvalue weighted by Crippen LogP contribution is -2.29. The van der Waals surface area contributed by atoms with Gasteiger partial charge in [0.1, 0.15) is 0 Å². The first-order chi connectivity index (χ1) is 9.54. The van der Waals surface area contributed by atoms with E-state index in [1.807, 2.05) is 48.9 Å². The topological polar surface area (TPSA) is 46.9 Å². The summed E-state index contributed by atoms with van der Waals surface area (Å²) in [5.41, 5.74) is 3.13. The molecule has 4 nitrogen and oxygen atoms in total. The number of halogens is 1. The Labute approximate surface area is 127 Å². The van der Waals surface area contributed by atoms with Gasteiger partial charge in [0, 0.05) is 16.7 Å². The fraction of sp³-hybridized carbons (Fsp3) is 0.333. The monoisotopic (exact) mass is 335 g/mol. The van der Waals surface area contributed by atoms with E-state index in [0.29, 0.717) is 19.5 Å². The van der Waals surface area contributed by atoms with Gasteiger partial charge >= 0.3 is 0 Å². The van der Waals surface area contributed by atoms with Crippen molar-refractivity contribution < 1.29 is 4.79 Å². The van der Waals surface area contributed by atoms with Gasteiger partial charge in [0.25, 0.3) is 0 Å². The van der Waals surface area contributed by atoms with Crippen molar-refractivity contribution in [2.75, 3.05) is 6.54 Å². The van der Waals surface area contributed by atoms with Crippen molar-refractivity contribution in [3.05, 3.63) is 51.8 Å². The highest BCUT2D eigenvalue weighted by atomic mass is 79.9. The molecule has 2 aromatic rings. The normalized spacial score (nSPS) is 10.6. The Morgan fingerprint density at radius 2 is 2.00 bits per heavy atom. The van der Waals surface area contributed by atoms with Gasteiger partial charge in [-0.25, -0.2) is 0 Å². The van der Waals surface area contributed by atoms with Crippen molar-refractivity contribution in [1.29, 1.82) is 0 Å². The molecule has 0 fully saturated rings. The quantitative estimate of drug-likeness (QED) is 0.912. The molecule has 20 heavy (non-hydrogen) atoms. The average molecular weight is 336 g/mol. The summed E-state index contributed by atoms with van der Waals surface area (Å²) >= 11 is 3.38.